The number of hydrogen-bond donors (Lipinski definition) is 2. The van der Waals surface area contributed by atoms with Gasteiger partial charge in [-0.15, -0.1) is 0 Å². The Bertz CT molecular complexity index is 1180. The second kappa shape index (κ2) is 8.41. The highest BCUT2D eigenvalue weighted by atomic mass is 32.2. The molecule has 3 aromatic rings. The lowest BCUT2D eigenvalue weighted by molar-refractivity contribution is -0.121. The Hall–Kier alpha value is -2.97. The van der Waals surface area contributed by atoms with Crippen LogP contribution in [-0.4, -0.2) is 39.6 Å². The van der Waals surface area contributed by atoms with E-state index in [4.69, 9.17) is 12.2 Å². The quantitative estimate of drug-likeness (QED) is 0.464. The third kappa shape index (κ3) is 4.15. The van der Waals surface area contributed by atoms with E-state index in [-0.39, 0.29) is 17.6 Å². The second-order valence-electron chi connectivity index (χ2n) is 6.87. The Labute approximate surface area is 182 Å². The van der Waals surface area contributed by atoms with Crippen molar-refractivity contribution in [1.29, 1.82) is 0 Å². The van der Waals surface area contributed by atoms with Crippen LogP contribution in [0, 0.1) is 5.82 Å². The van der Waals surface area contributed by atoms with Crippen LogP contribution in [0.1, 0.15) is 21.5 Å². The van der Waals surface area contributed by atoms with E-state index in [1.54, 1.807) is 43.5 Å². The van der Waals surface area contributed by atoms with E-state index in [0.717, 1.165) is 22.0 Å². The molecule has 2 heterocycles. The van der Waals surface area contributed by atoms with Crippen molar-refractivity contribution in [3.63, 3.8) is 0 Å². The van der Waals surface area contributed by atoms with E-state index < -0.39 is 0 Å². The maximum Gasteiger partial charge on any atom is 0.265 e. The Balaban J connectivity index is 1.36. The van der Waals surface area contributed by atoms with Gasteiger partial charge in [-0.05, 0) is 54.0 Å². The van der Waals surface area contributed by atoms with Crippen LogP contribution in [0.5, 0.6) is 0 Å². The molecule has 2 N–H and O–H groups in total. The second-order valence-corrected chi connectivity index (χ2v) is 8.55. The molecule has 4 rings (SSSR count). The van der Waals surface area contributed by atoms with Crippen LogP contribution in [0.15, 0.2) is 53.6 Å². The molecule has 0 unspecified atom stereocenters. The van der Waals surface area contributed by atoms with E-state index in [1.807, 2.05) is 6.20 Å². The largest absolute Gasteiger partial charge is 0.361 e. The molecule has 1 fully saturated rings. The molecule has 0 radical (unpaired) electrons. The molecule has 1 aliphatic rings. The topological polar surface area (TPSA) is 65.2 Å². The van der Waals surface area contributed by atoms with Crippen LogP contribution in [0.25, 0.3) is 17.0 Å². The maximum absolute atomic E-state index is 13.5. The molecule has 8 heteroatoms. The molecule has 152 valence electrons. The highest BCUT2D eigenvalue weighted by molar-refractivity contribution is 8.26. The number of H-pyrrole nitrogens is 1. The summed E-state index contributed by atoms with van der Waals surface area (Å²) in [6.45, 7) is 0.434. The van der Waals surface area contributed by atoms with Crippen molar-refractivity contribution in [2.75, 3.05) is 13.6 Å². The predicted molar refractivity (Wildman–Crippen MR) is 122 cm³/mol. The average Bonchev–Trinajstić information content (AvgIpc) is 3.24. The van der Waals surface area contributed by atoms with Gasteiger partial charge in [-0.25, -0.2) is 4.39 Å². The van der Waals surface area contributed by atoms with Crippen molar-refractivity contribution in [2.45, 2.75) is 6.42 Å². The standard InChI is InChI=1S/C22H18FN3O2S2/c1-26-21(28)19(30-22(26)29)10-13-2-4-14(5-3-13)20(27)24-9-8-15-12-25-18-7-6-16(23)11-17(15)18/h2-7,10-12,25H,8-9H2,1H3,(H,24,27)/b19-10-. The number of nitrogens with zero attached hydrogens (tertiary/aromatic N) is 1. The SMILES string of the molecule is CN1C(=O)/C(=C/c2ccc(C(=O)NCCc3c[nH]c4ccc(F)cc34)cc2)SC1=S. The molecule has 2 aromatic carbocycles. The minimum Gasteiger partial charge on any atom is -0.361 e. The number of benzene rings is 2. The number of hydrogen-bond acceptors (Lipinski definition) is 4. The molecule has 1 saturated heterocycles. The van der Waals surface area contributed by atoms with Crippen molar-refractivity contribution in [1.82, 2.24) is 15.2 Å². The van der Waals surface area contributed by atoms with Gasteiger partial charge in [0.25, 0.3) is 11.8 Å². The molecule has 2 amide bonds. The zero-order valence-electron chi connectivity index (χ0n) is 16.1. The van der Waals surface area contributed by atoms with Gasteiger partial charge in [0.15, 0.2) is 0 Å². The number of carbonyl (C=O) groups is 2. The van der Waals surface area contributed by atoms with E-state index in [1.165, 1.54) is 28.8 Å². The maximum atomic E-state index is 13.5. The Morgan fingerprint density at radius 1 is 1.27 bits per heavy atom. The molecule has 0 aliphatic carbocycles. The van der Waals surface area contributed by atoms with Gasteiger partial charge < -0.3 is 10.3 Å². The summed E-state index contributed by atoms with van der Waals surface area (Å²) in [5.74, 6) is -0.593. The monoisotopic (exact) mass is 439 g/mol. The summed E-state index contributed by atoms with van der Waals surface area (Å²) in [6.07, 6.45) is 4.19. The molecule has 1 aromatic heterocycles. The first-order chi connectivity index (χ1) is 14.4. The Morgan fingerprint density at radius 3 is 2.73 bits per heavy atom. The fourth-order valence-electron chi connectivity index (χ4n) is 3.20. The van der Waals surface area contributed by atoms with Gasteiger partial charge in [0.1, 0.15) is 10.1 Å². The van der Waals surface area contributed by atoms with Gasteiger partial charge in [0.2, 0.25) is 0 Å². The van der Waals surface area contributed by atoms with Gasteiger partial charge in [-0.2, -0.15) is 0 Å². The van der Waals surface area contributed by atoms with Crippen molar-refractivity contribution in [2.24, 2.45) is 0 Å². The van der Waals surface area contributed by atoms with Crippen molar-refractivity contribution < 1.29 is 14.0 Å². The summed E-state index contributed by atoms with van der Waals surface area (Å²) >= 11 is 6.39. The minimum atomic E-state index is -0.284. The summed E-state index contributed by atoms with van der Waals surface area (Å²) in [6, 6.07) is 11.6. The molecular weight excluding hydrogens is 421 g/mol. The number of thiocarbonyl (C=S) groups is 1. The number of aromatic amines is 1. The molecule has 0 bridgehead atoms. The third-order valence-corrected chi connectivity index (χ3v) is 6.35. The van der Waals surface area contributed by atoms with Crippen molar-refractivity contribution >= 4 is 57.1 Å². The number of thioether (sulfide) groups is 1. The molecule has 0 atom stereocenters. The van der Waals surface area contributed by atoms with Gasteiger partial charge >= 0.3 is 0 Å². The first-order valence-corrected chi connectivity index (χ1v) is 10.5. The zero-order chi connectivity index (χ0) is 21.3. The predicted octanol–water partition coefficient (Wildman–Crippen LogP) is 4.11. The first-order valence-electron chi connectivity index (χ1n) is 9.28. The molecule has 0 spiro atoms. The molecule has 0 saturated carbocycles. The number of nitrogens with one attached hydrogen (secondary N) is 2. The number of carbonyl (C=O) groups excluding carboxylic acids is 2. The normalized spacial score (nSPS) is 15.4. The third-order valence-electron chi connectivity index (χ3n) is 4.87. The first kappa shape index (κ1) is 20.3. The van der Waals surface area contributed by atoms with E-state index in [9.17, 15) is 14.0 Å². The molecule has 5 nitrogen and oxygen atoms in total. The van der Waals surface area contributed by atoms with Crippen LogP contribution in [-0.2, 0) is 11.2 Å². The van der Waals surface area contributed by atoms with Crippen molar-refractivity contribution in [3.8, 4) is 0 Å². The lowest BCUT2D eigenvalue weighted by Gasteiger charge is -2.06. The highest BCUT2D eigenvalue weighted by Gasteiger charge is 2.28. The minimum absolute atomic E-state index is 0.121. The number of likely N-dealkylation sites (N-methyl/N-ethyl adjacent to an activating group) is 1. The summed E-state index contributed by atoms with van der Waals surface area (Å²) in [4.78, 5) is 29.6. The molecule has 1 aliphatic heterocycles. The highest BCUT2D eigenvalue weighted by Crippen LogP contribution is 2.31. The number of halogens is 1. The smallest absolute Gasteiger partial charge is 0.265 e. The fourth-order valence-corrected chi connectivity index (χ4v) is 4.38. The fraction of sp³-hybridized carbons (Fsp3) is 0.136. The summed E-state index contributed by atoms with van der Waals surface area (Å²) in [7, 11) is 1.65. The number of aromatic nitrogens is 1. The summed E-state index contributed by atoms with van der Waals surface area (Å²) in [5.41, 5.74) is 3.17. The summed E-state index contributed by atoms with van der Waals surface area (Å²) < 4.78 is 14.0. The van der Waals surface area contributed by atoms with Gasteiger partial charge in [0, 0.05) is 36.3 Å². The van der Waals surface area contributed by atoms with Crippen LogP contribution in [0.3, 0.4) is 0 Å². The van der Waals surface area contributed by atoms with Crippen molar-refractivity contribution in [3.05, 3.63) is 76.1 Å². The van der Waals surface area contributed by atoms with Crippen LogP contribution < -0.4 is 5.32 Å². The number of amides is 2. The van der Waals surface area contributed by atoms with E-state index >= 15 is 0 Å². The zero-order valence-corrected chi connectivity index (χ0v) is 17.7. The van der Waals surface area contributed by atoms with Crippen LogP contribution in [0.2, 0.25) is 0 Å². The van der Waals surface area contributed by atoms with Crippen LogP contribution >= 0.6 is 24.0 Å². The Kier molecular flexibility index (Phi) is 5.69. The lowest BCUT2D eigenvalue weighted by atomic mass is 10.1. The molecular formula is C22H18FN3O2S2. The van der Waals surface area contributed by atoms with E-state index in [2.05, 4.69) is 10.3 Å². The average molecular weight is 440 g/mol. The number of rotatable bonds is 5. The van der Waals surface area contributed by atoms with E-state index in [0.29, 0.717) is 27.8 Å². The number of fused-ring (bicyclic) bond motifs is 1. The van der Waals surface area contributed by atoms with Crippen LogP contribution in [0.4, 0.5) is 4.39 Å². The molecule has 30 heavy (non-hydrogen) atoms. The van der Waals surface area contributed by atoms with Gasteiger partial charge in [-0.1, -0.05) is 36.1 Å². The van der Waals surface area contributed by atoms with Gasteiger partial charge in [-0.3, -0.25) is 14.5 Å². The lowest BCUT2D eigenvalue weighted by Crippen LogP contribution is -2.25. The Morgan fingerprint density at radius 2 is 2.03 bits per heavy atom. The van der Waals surface area contributed by atoms with Gasteiger partial charge in [0.05, 0.1) is 4.91 Å². The summed E-state index contributed by atoms with van der Waals surface area (Å²) in [5, 5.41) is 3.71.